The third-order valence-corrected chi connectivity index (χ3v) is 4.19. The van der Waals surface area contributed by atoms with Crippen LogP contribution in [0.4, 0.5) is 0 Å². The lowest BCUT2D eigenvalue weighted by atomic mass is 9.88. The predicted molar refractivity (Wildman–Crippen MR) is 78.2 cm³/mol. The van der Waals surface area contributed by atoms with E-state index in [1.807, 2.05) is 13.0 Å². The Kier molecular flexibility index (Phi) is 5.00. The maximum absolute atomic E-state index is 10.8. The second-order valence-corrected chi connectivity index (χ2v) is 5.60. The Bertz CT molecular complexity index is 394. The Labute approximate surface area is 116 Å². The minimum Gasteiger partial charge on any atom is -0.385 e. The van der Waals surface area contributed by atoms with E-state index in [9.17, 15) is 5.11 Å². The molecule has 1 fully saturated rings. The zero-order valence-electron chi connectivity index (χ0n) is 12.2. The molecule has 1 saturated carbocycles. The van der Waals surface area contributed by atoms with Crippen molar-refractivity contribution in [2.75, 3.05) is 6.61 Å². The van der Waals surface area contributed by atoms with Gasteiger partial charge in [-0.1, -0.05) is 50.5 Å². The van der Waals surface area contributed by atoms with E-state index in [1.165, 1.54) is 5.56 Å². The summed E-state index contributed by atoms with van der Waals surface area (Å²) in [6.07, 6.45) is 5.97. The zero-order chi connectivity index (χ0) is 13.7. The fourth-order valence-electron chi connectivity index (χ4n) is 3.27. The van der Waals surface area contributed by atoms with Crippen LogP contribution in [-0.4, -0.2) is 17.3 Å². The first-order chi connectivity index (χ1) is 9.22. The molecular formula is C17H26O2. The summed E-state index contributed by atoms with van der Waals surface area (Å²) in [6.45, 7) is 4.87. The molecule has 2 nitrogen and oxygen atoms in total. The molecule has 0 amide bonds. The third-order valence-electron chi connectivity index (χ3n) is 4.19. The molecule has 1 atom stereocenters. The van der Waals surface area contributed by atoms with Gasteiger partial charge in [-0.2, -0.15) is 0 Å². The Morgan fingerprint density at radius 2 is 2.00 bits per heavy atom. The lowest BCUT2D eigenvalue weighted by molar-refractivity contribution is -0.118. The SMILES string of the molecule is CCCc1cccc(C(O)C2(OCC)CCCC2)c1. The minimum absolute atomic E-state index is 0.348. The average molecular weight is 262 g/mol. The van der Waals surface area contributed by atoms with Crippen molar-refractivity contribution in [1.29, 1.82) is 0 Å². The summed E-state index contributed by atoms with van der Waals surface area (Å²) in [5, 5.41) is 10.8. The molecule has 0 aliphatic heterocycles. The Morgan fingerprint density at radius 1 is 1.26 bits per heavy atom. The van der Waals surface area contributed by atoms with Crippen LogP contribution in [0.1, 0.15) is 63.2 Å². The Hall–Kier alpha value is -0.860. The van der Waals surface area contributed by atoms with Gasteiger partial charge in [0.25, 0.3) is 0 Å². The van der Waals surface area contributed by atoms with Gasteiger partial charge in [0.05, 0.1) is 5.60 Å². The van der Waals surface area contributed by atoms with Crippen molar-refractivity contribution in [3.63, 3.8) is 0 Å². The Balaban J connectivity index is 2.21. The summed E-state index contributed by atoms with van der Waals surface area (Å²) in [7, 11) is 0. The van der Waals surface area contributed by atoms with Gasteiger partial charge in [-0.05, 0) is 37.3 Å². The zero-order valence-corrected chi connectivity index (χ0v) is 12.2. The molecule has 1 N–H and O–H groups in total. The molecule has 0 bridgehead atoms. The standard InChI is InChI=1S/C17H26O2/c1-3-8-14-9-7-10-15(13-14)16(18)17(19-4-2)11-5-6-12-17/h7,9-10,13,16,18H,3-6,8,11-12H2,1-2H3. The normalized spacial score (nSPS) is 19.5. The van der Waals surface area contributed by atoms with Gasteiger partial charge >= 0.3 is 0 Å². The fourth-order valence-corrected chi connectivity index (χ4v) is 3.27. The molecule has 2 rings (SSSR count). The van der Waals surface area contributed by atoms with E-state index in [0.717, 1.165) is 44.1 Å². The van der Waals surface area contributed by atoms with E-state index in [-0.39, 0.29) is 5.60 Å². The molecule has 1 aromatic carbocycles. The highest BCUT2D eigenvalue weighted by molar-refractivity contribution is 5.27. The van der Waals surface area contributed by atoms with Crippen LogP contribution in [0.5, 0.6) is 0 Å². The highest BCUT2D eigenvalue weighted by atomic mass is 16.5. The van der Waals surface area contributed by atoms with Crippen LogP contribution in [0, 0.1) is 0 Å². The van der Waals surface area contributed by atoms with Gasteiger partial charge in [0.1, 0.15) is 6.10 Å². The monoisotopic (exact) mass is 262 g/mol. The molecule has 0 spiro atoms. The summed E-state index contributed by atoms with van der Waals surface area (Å²) >= 11 is 0. The molecular weight excluding hydrogens is 236 g/mol. The number of benzene rings is 1. The van der Waals surface area contributed by atoms with Gasteiger partial charge in [-0.15, -0.1) is 0 Å². The van der Waals surface area contributed by atoms with Crippen LogP contribution in [0.15, 0.2) is 24.3 Å². The predicted octanol–water partition coefficient (Wildman–Crippen LogP) is 4.02. The molecule has 1 unspecified atom stereocenters. The number of hydrogen-bond acceptors (Lipinski definition) is 2. The van der Waals surface area contributed by atoms with Crippen molar-refractivity contribution in [2.24, 2.45) is 0 Å². The van der Waals surface area contributed by atoms with E-state index < -0.39 is 6.10 Å². The highest BCUT2D eigenvalue weighted by Crippen LogP contribution is 2.43. The molecule has 19 heavy (non-hydrogen) atoms. The highest BCUT2D eigenvalue weighted by Gasteiger charge is 2.42. The van der Waals surface area contributed by atoms with Crippen molar-refractivity contribution in [3.8, 4) is 0 Å². The lowest BCUT2D eigenvalue weighted by Crippen LogP contribution is -2.36. The molecule has 106 valence electrons. The van der Waals surface area contributed by atoms with E-state index in [0.29, 0.717) is 6.61 Å². The van der Waals surface area contributed by atoms with Crippen molar-refractivity contribution >= 4 is 0 Å². The number of rotatable bonds is 6. The van der Waals surface area contributed by atoms with Crippen molar-refractivity contribution < 1.29 is 9.84 Å². The van der Waals surface area contributed by atoms with Gasteiger partial charge in [0.15, 0.2) is 0 Å². The summed E-state index contributed by atoms with van der Waals surface area (Å²) < 4.78 is 5.96. The Morgan fingerprint density at radius 3 is 2.63 bits per heavy atom. The van der Waals surface area contributed by atoms with Crippen LogP contribution in [0.25, 0.3) is 0 Å². The van der Waals surface area contributed by atoms with Crippen molar-refractivity contribution in [3.05, 3.63) is 35.4 Å². The number of aryl methyl sites for hydroxylation is 1. The van der Waals surface area contributed by atoms with Gasteiger partial charge in [0.2, 0.25) is 0 Å². The van der Waals surface area contributed by atoms with Crippen molar-refractivity contribution in [1.82, 2.24) is 0 Å². The second-order valence-electron chi connectivity index (χ2n) is 5.60. The third kappa shape index (κ3) is 3.18. The molecule has 1 aliphatic carbocycles. The smallest absolute Gasteiger partial charge is 0.108 e. The van der Waals surface area contributed by atoms with Crippen LogP contribution in [0.3, 0.4) is 0 Å². The molecule has 0 saturated heterocycles. The maximum Gasteiger partial charge on any atom is 0.108 e. The fraction of sp³-hybridized carbons (Fsp3) is 0.647. The van der Waals surface area contributed by atoms with Crippen molar-refractivity contribution in [2.45, 2.75) is 64.1 Å². The first kappa shape index (κ1) is 14.5. The minimum atomic E-state index is -0.494. The number of aliphatic hydroxyl groups is 1. The molecule has 0 radical (unpaired) electrons. The number of aliphatic hydroxyl groups excluding tert-OH is 1. The van der Waals surface area contributed by atoms with Crippen LogP contribution < -0.4 is 0 Å². The first-order valence-corrected chi connectivity index (χ1v) is 7.62. The largest absolute Gasteiger partial charge is 0.385 e. The topological polar surface area (TPSA) is 29.5 Å². The number of ether oxygens (including phenoxy) is 1. The quantitative estimate of drug-likeness (QED) is 0.839. The lowest BCUT2D eigenvalue weighted by Gasteiger charge is -2.34. The van der Waals surface area contributed by atoms with Gasteiger partial charge in [-0.3, -0.25) is 0 Å². The first-order valence-electron chi connectivity index (χ1n) is 7.62. The summed E-state index contributed by atoms with van der Waals surface area (Å²) in [5.41, 5.74) is 1.98. The van der Waals surface area contributed by atoms with Gasteiger partial charge in [0, 0.05) is 6.61 Å². The van der Waals surface area contributed by atoms with E-state index in [2.05, 4.69) is 25.1 Å². The number of hydrogen-bond donors (Lipinski definition) is 1. The summed E-state index contributed by atoms with van der Waals surface area (Å²) in [6, 6.07) is 8.37. The van der Waals surface area contributed by atoms with E-state index in [1.54, 1.807) is 0 Å². The average Bonchev–Trinajstić information content (AvgIpc) is 2.89. The molecule has 1 aromatic rings. The van der Waals surface area contributed by atoms with Crippen LogP contribution >= 0.6 is 0 Å². The second kappa shape index (κ2) is 6.53. The van der Waals surface area contributed by atoms with E-state index >= 15 is 0 Å². The van der Waals surface area contributed by atoms with E-state index in [4.69, 9.17) is 4.74 Å². The van der Waals surface area contributed by atoms with Crippen LogP contribution in [0.2, 0.25) is 0 Å². The van der Waals surface area contributed by atoms with Crippen LogP contribution in [-0.2, 0) is 11.2 Å². The molecule has 1 aliphatic rings. The molecule has 0 heterocycles. The summed E-state index contributed by atoms with van der Waals surface area (Å²) in [4.78, 5) is 0. The van der Waals surface area contributed by atoms with Gasteiger partial charge in [-0.25, -0.2) is 0 Å². The van der Waals surface area contributed by atoms with Gasteiger partial charge < -0.3 is 9.84 Å². The molecule has 2 heteroatoms. The summed E-state index contributed by atoms with van der Waals surface area (Å²) in [5.74, 6) is 0. The molecule has 0 aromatic heterocycles. The maximum atomic E-state index is 10.8.